The summed E-state index contributed by atoms with van der Waals surface area (Å²) in [6.07, 6.45) is 8.73. The first-order chi connectivity index (χ1) is 9.33. The Balaban J connectivity index is 2.05. The topological polar surface area (TPSA) is 63.8 Å². The number of anilines is 2. The van der Waals surface area contributed by atoms with Crippen molar-refractivity contribution in [1.29, 1.82) is 0 Å². The van der Waals surface area contributed by atoms with Crippen LogP contribution in [0.25, 0.3) is 11.1 Å². The highest BCUT2D eigenvalue weighted by Gasteiger charge is 2.13. The van der Waals surface area contributed by atoms with Crippen molar-refractivity contribution in [3.8, 4) is 23.5 Å². The van der Waals surface area contributed by atoms with Gasteiger partial charge in [0.05, 0.1) is 11.3 Å². The highest BCUT2D eigenvalue weighted by atomic mass is 32.2. The molecule has 0 aromatic carbocycles. The van der Waals surface area contributed by atoms with Crippen molar-refractivity contribution in [2.45, 2.75) is 0 Å². The zero-order valence-electron chi connectivity index (χ0n) is 10.3. The van der Waals surface area contributed by atoms with Gasteiger partial charge in [0.25, 0.3) is 0 Å². The Hall–Kier alpha value is -1.71. The molecule has 0 saturated heterocycles. The number of thioether (sulfide) groups is 1. The molecule has 6 heteroatoms. The van der Waals surface area contributed by atoms with Gasteiger partial charge in [-0.05, 0) is 17.6 Å². The van der Waals surface area contributed by atoms with Gasteiger partial charge in [0.1, 0.15) is 10.8 Å². The van der Waals surface area contributed by atoms with Crippen molar-refractivity contribution in [3.05, 3.63) is 24.5 Å². The summed E-state index contributed by atoms with van der Waals surface area (Å²) in [5, 5.41) is 4.33. The number of terminal acetylenes is 1. The van der Waals surface area contributed by atoms with Gasteiger partial charge >= 0.3 is 0 Å². The number of aromatic nitrogens is 2. The number of pyridine rings is 1. The Morgan fingerprint density at radius 1 is 1.53 bits per heavy atom. The lowest BCUT2D eigenvalue weighted by molar-refractivity contribution is 1.24. The average Bonchev–Trinajstić information content (AvgIpc) is 2.81. The normalized spacial score (nSPS) is 10.1. The molecular weight excluding hydrogens is 276 g/mol. The summed E-state index contributed by atoms with van der Waals surface area (Å²) in [6, 6.07) is 3.87. The maximum atomic E-state index is 5.93. The van der Waals surface area contributed by atoms with E-state index in [1.165, 1.54) is 11.5 Å². The molecule has 3 N–H and O–H groups in total. The number of nitrogen functional groups attached to an aromatic ring is 1. The molecule has 0 amide bonds. The monoisotopic (exact) mass is 290 g/mol. The predicted molar refractivity (Wildman–Crippen MR) is 84.4 cm³/mol. The van der Waals surface area contributed by atoms with Gasteiger partial charge in [0.15, 0.2) is 0 Å². The van der Waals surface area contributed by atoms with Crippen LogP contribution in [-0.4, -0.2) is 27.4 Å². The van der Waals surface area contributed by atoms with E-state index >= 15 is 0 Å². The second-order valence-electron chi connectivity index (χ2n) is 3.70. The summed E-state index contributed by atoms with van der Waals surface area (Å²) in [6.45, 7) is 0.835. The van der Waals surface area contributed by atoms with Crippen molar-refractivity contribution < 1.29 is 0 Å². The van der Waals surface area contributed by atoms with Crippen molar-refractivity contribution in [1.82, 2.24) is 9.36 Å². The van der Waals surface area contributed by atoms with Crippen LogP contribution in [0.15, 0.2) is 24.5 Å². The molecular formula is C13H14N4S2. The second kappa shape index (κ2) is 7.02. The number of nitrogens with one attached hydrogen (secondary N) is 1. The number of hydrogen-bond acceptors (Lipinski definition) is 6. The molecule has 98 valence electrons. The summed E-state index contributed by atoms with van der Waals surface area (Å²) in [7, 11) is 0. The third-order valence-electron chi connectivity index (χ3n) is 2.39. The Labute approximate surface area is 121 Å². The molecule has 2 aromatic heterocycles. The fourth-order valence-corrected chi connectivity index (χ4v) is 2.85. The Morgan fingerprint density at radius 2 is 2.42 bits per heavy atom. The van der Waals surface area contributed by atoms with Crippen LogP contribution in [0.4, 0.5) is 10.8 Å². The minimum Gasteiger partial charge on any atom is -0.382 e. The van der Waals surface area contributed by atoms with E-state index in [-0.39, 0.29) is 0 Å². The van der Waals surface area contributed by atoms with Crippen LogP contribution in [0.5, 0.6) is 0 Å². The van der Waals surface area contributed by atoms with Crippen molar-refractivity contribution in [2.75, 3.05) is 29.1 Å². The number of rotatable bonds is 6. The van der Waals surface area contributed by atoms with E-state index < -0.39 is 0 Å². The maximum absolute atomic E-state index is 5.93. The molecule has 0 aliphatic carbocycles. The number of hydrogen-bond donors (Lipinski definition) is 2. The molecule has 0 fully saturated rings. The molecule has 0 radical (unpaired) electrons. The summed E-state index contributed by atoms with van der Waals surface area (Å²) in [5.41, 5.74) is 7.83. The Morgan fingerprint density at radius 3 is 3.16 bits per heavy atom. The van der Waals surface area contributed by atoms with E-state index in [9.17, 15) is 0 Å². The van der Waals surface area contributed by atoms with Crippen LogP contribution < -0.4 is 11.1 Å². The average molecular weight is 290 g/mol. The van der Waals surface area contributed by atoms with Crippen LogP contribution >= 0.6 is 23.3 Å². The van der Waals surface area contributed by atoms with Crippen molar-refractivity contribution in [2.24, 2.45) is 0 Å². The molecule has 0 bridgehead atoms. The van der Waals surface area contributed by atoms with Crippen LogP contribution in [0, 0.1) is 12.3 Å². The SMILES string of the molecule is C#CCSCCNc1snc(N)c1-c1cccnc1. The molecule has 0 aliphatic rings. The molecule has 2 rings (SSSR count). The highest BCUT2D eigenvalue weighted by Crippen LogP contribution is 2.36. The van der Waals surface area contributed by atoms with E-state index in [0.29, 0.717) is 5.82 Å². The number of nitrogens with zero attached hydrogens (tertiary/aromatic N) is 2. The first kappa shape index (κ1) is 13.7. The molecule has 0 saturated carbocycles. The second-order valence-corrected chi connectivity index (χ2v) is 5.58. The lowest BCUT2D eigenvalue weighted by atomic mass is 10.1. The molecule has 0 unspecified atom stereocenters. The summed E-state index contributed by atoms with van der Waals surface area (Å²) >= 11 is 3.09. The molecule has 2 aromatic rings. The van der Waals surface area contributed by atoms with Crippen molar-refractivity contribution in [3.63, 3.8) is 0 Å². The minimum absolute atomic E-state index is 0.539. The van der Waals surface area contributed by atoms with E-state index in [4.69, 9.17) is 12.2 Å². The first-order valence-electron chi connectivity index (χ1n) is 5.73. The molecule has 0 spiro atoms. The third kappa shape index (κ3) is 3.63. The lowest BCUT2D eigenvalue weighted by Gasteiger charge is -2.06. The quantitative estimate of drug-likeness (QED) is 0.632. The zero-order valence-corrected chi connectivity index (χ0v) is 11.9. The predicted octanol–water partition coefficient (Wildman–Crippen LogP) is 2.57. The minimum atomic E-state index is 0.539. The molecule has 2 heterocycles. The van der Waals surface area contributed by atoms with Crippen LogP contribution in [-0.2, 0) is 0 Å². The zero-order chi connectivity index (χ0) is 13.5. The van der Waals surface area contributed by atoms with Gasteiger partial charge in [0.2, 0.25) is 0 Å². The highest BCUT2D eigenvalue weighted by molar-refractivity contribution is 7.99. The Kier molecular flexibility index (Phi) is 5.07. The summed E-state index contributed by atoms with van der Waals surface area (Å²) in [5.74, 6) is 4.83. The van der Waals surface area contributed by atoms with E-state index in [1.807, 2.05) is 12.1 Å². The van der Waals surface area contributed by atoms with Gasteiger partial charge < -0.3 is 11.1 Å². The van der Waals surface area contributed by atoms with Crippen molar-refractivity contribution >= 4 is 34.1 Å². The lowest BCUT2D eigenvalue weighted by Crippen LogP contribution is -2.04. The first-order valence-corrected chi connectivity index (χ1v) is 7.66. The van der Waals surface area contributed by atoms with Gasteiger partial charge in [-0.2, -0.15) is 4.37 Å². The molecule has 4 nitrogen and oxygen atoms in total. The fourth-order valence-electron chi connectivity index (χ4n) is 1.58. The smallest absolute Gasteiger partial charge is 0.147 e. The van der Waals surface area contributed by atoms with Gasteiger partial charge in [-0.1, -0.05) is 12.0 Å². The summed E-state index contributed by atoms with van der Waals surface area (Å²) < 4.78 is 4.20. The largest absolute Gasteiger partial charge is 0.382 e. The van der Waals surface area contributed by atoms with E-state index in [1.54, 1.807) is 24.2 Å². The number of nitrogens with two attached hydrogens (primary N) is 1. The third-order valence-corrected chi connectivity index (χ3v) is 4.07. The fraction of sp³-hybridized carbons (Fsp3) is 0.231. The Bertz CT molecular complexity index is 560. The van der Waals surface area contributed by atoms with Crippen LogP contribution in [0.2, 0.25) is 0 Å². The van der Waals surface area contributed by atoms with E-state index in [0.717, 1.165) is 34.2 Å². The maximum Gasteiger partial charge on any atom is 0.147 e. The molecule has 19 heavy (non-hydrogen) atoms. The van der Waals surface area contributed by atoms with Crippen LogP contribution in [0.1, 0.15) is 0 Å². The summed E-state index contributed by atoms with van der Waals surface area (Å²) in [4.78, 5) is 4.11. The molecule has 0 atom stereocenters. The van der Waals surface area contributed by atoms with E-state index in [2.05, 4.69) is 20.6 Å². The standard InChI is InChI=1S/C13H14N4S2/c1-2-7-18-8-6-16-13-11(12(14)17-19-13)10-4-3-5-15-9-10/h1,3-5,9,16H,6-8H2,(H2,14,17). The van der Waals surface area contributed by atoms with Gasteiger partial charge in [-0.25, -0.2) is 0 Å². The van der Waals surface area contributed by atoms with Gasteiger partial charge in [0, 0.05) is 30.3 Å². The van der Waals surface area contributed by atoms with Crippen LogP contribution in [0.3, 0.4) is 0 Å². The molecule has 0 aliphatic heterocycles. The van der Waals surface area contributed by atoms with Gasteiger partial charge in [-0.3, -0.25) is 4.98 Å². The van der Waals surface area contributed by atoms with Gasteiger partial charge in [-0.15, -0.1) is 18.2 Å².